The van der Waals surface area contributed by atoms with E-state index < -0.39 is 0 Å². The van der Waals surface area contributed by atoms with Gasteiger partial charge in [-0.1, -0.05) is 42.5 Å². The van der Waals surface area contributed by atoms with Crippen LogP contribution >= 0.6 is 0 Å². The highest BCUT2D eigenvalue weighted by atomic mass is 16.1. The number of carbonyl (C=O) groups excluding carboxylic acids is 1. The quantitative estimate of drug-likeness (QED) is 0.705. The molecule has 2 aromatic carbocycles. The average Bonchev–Trinajstić information content (AvgIpc) is 2.64. The zero-order chi connectivity index (χ0) is 18.4. The topological polar surface area (TPSA) is 42.0 Å². The summed E-state index contributed by atoms with van der Waals surface area (Å²) in [5.41, 5.74) is 6.17. The van der Waals surface area contributed by atoms with Gasteiger partial charge < -0.3 is 5.32 Å². The van der Waals surface area contributed by atoms with Crippen molar-refractivity contribution < 1.29 is 4.79 Å². The van der Waals surface area contributed by atoms with E-state index in [1.165, 1.54) is 11.1 Å². The minimum Gasteiger partial charge on any atom is -0.326 e. The van der Waals surface area contributed by atoms with Gasteiger partial charge in [-0.05, 0) is 66.4 Å². The first-order valence-electron chi connectivity index (χ1n) is 8.65. The summed E-state index contributed by atoms with van der Waals surface area (Å²) in [6.07, 6.45) is 6.08. The molecule has 0 saturated carbocycles. The predicted molar refractivity (Wildman–Crippen MR) is 108 cm³/mol. The second kappa shape index (κ2) is 8.26. The molecule has 1 heterocycles. The first-order chi connectivity index (χ1) is 12.6. The second-order valence-electron chi connectivity index (χ2n) is 6.36. The van der Waals surface area contributed by atoms with Crippen LogP contribution < -0.4 is 5.32 Å². The van der Waals surface area contributed by atoms with Crippen molar-refractivity contribution in [2.45, 2.75) is 20.3 Å². The first kappa shape index (κ1) is 17.6. The summed E-state index contributed by atoms with van der Waals surface area (Å²) in [7, 11) is 0. The molecule has 3 aromatic rings. The van der Waals surface area contributed by atoms with Crippen molar-refractivity contribution in [1.29, 1.82) is 0 Å². The van der Waals surface area contributed by atoms with E-state index in [-0.39, 0.29) is 5.91 Å². The van der Waals surface area contributed by atoms with Crippen LogP contribution in [0.4, 0.5) is 5.69 Å². The minimum atomic E-state index is -0.0147. The maximum absolute atomic E-state index is 12.3. The standard InChI is InChI=1S/C23H22N2O/c1-17-9-10-20(14-18(17)2)16-23(26)25-22-8-5-6-19(15-22)11-12-21-7-3-4-13-24-21/h3-15H,16H2,1-2H3,(H,25,26)/b12-11+. The fourth-order valence-electron chi connectivity index (χ4n) is 2.68. The number of aromatic nitrogens is 1. The lowest BCUT2D eigenvalue weighted by molar-refractivity contribution is -0.115. The molecule has 1 N–H and O–H groups in total. The van der Waals surface area contributed by atoms with Crippen LogP contribution in [0.25, 0.3) is 12.2 Å². The largest absolute Gasteiger partial charge is 0.326 e. The number of pyridine rings is 1. The van der Waals surface area contributed by atoms with E-state index in [0.717, 1.165) is 22.5 Å². The van der Waals surface area contributed by atoms with Crippen molar-refractivity contribution >= 4 is 23.7 Å². The highest BCUT2D eigenvalue weighted by Gasteiger charge is 2.05. The summed E-state index contributed by atoms with van der Waals surface area (Å²) in [5.74, 6) is -0.0147. The van der Waals surface area contributed by atoms with E-state index >= 15 is 0 Å². The van der Waals surface area contributed by atoms with Gasteiger partial charge in [0.05, 0.1) is 12.1 Å². The molecule has 0 fully saturated rings. The van der Waals surface area contributed by atoms with Gasteiger partial charge in [0, 0.05) is 11.9 Å². The van der Waals surface area contributed by atoms with Gasteiger partial charge in [-0.15, -0.1) is 0 Å². The number of anilines is 1. The van der Waals surface area contributed by atoms with Crippen molar-refractivity contribution in [2.75, 3.05) is 5.32 Å². The van der Waals surface area contributed by atoms with Gasteiger partial charge >= 0.3 is 0 Å². The highest BCUT2D eigenvalue weighted by molar-refractivity contribution is 5.92. The van der Waals surface area contributed by atoms with Crippen molar-refractivity contribution in [3.63, 3.8) is 0 Å². The number of nitrogens with zero attached hydrogens (tertiary/aromatic N) is 1. The molecule has 0 saturated heterocycles. The zero-order valence-corrected chi connectivity index (χ0v) is 15.1. The van der Waals surface area contributed by atoms with Gasteiger partial charge in [-0.25, -0.2) is 0 Å². The molecule has 0 aliphatic carbocycles. The highest BCUT2D eigenvalue weighted by Crippen LogP contribution is 2.15. The van der Waals surface area contributed by atoms with Crippen LogP contribution in [0.15, 0.2) is 66.9 Å². The molecule has 0 unspecified atom stereocenters. The fraction of sp³-hybridized carbons (Fsp3) is 0.130. The smallest absolute Gasteiger partial charge is 0.228 e. The Bertz CT molecular complexity index is 930. The van der Waals surface area contributed by atoms with Gasteiger partial charge in [0.2, 0.25) is 5.91 Å². The van der Waals surface area contributed by atoms with Crippen molar-refractivity contribution in [2.24, 2.45) is 0 Å². The number of benzene rings is 2. The van der Waals surface area contributed by atoms with Crippen LogP contribution in [-0.2, 0) is 11.2 Å². The van der Waals surface area contributed by atoms with E-state index in [0.29, 0.717) is 6.42 Å². The van der Waals surface area contributed by atoms with Crippen LogP contribution in [0, 0.1) is 13.8 Å². The molecule has 0 bridgehead atoms. The third-order valence-electron chi connectivity index (χ3n) is 4.24. The van der Waals surface area contributed by atoms with Gasteiger partial charge in [-0.2, -0.15) is 0 Å². The molecule has 0 radical (unpaired) electrons. The summed E-state index contributed by atoms with van der Waals surface area (Å²) < 4.78 is 0. The molecule has 1 amide bonds. The molecule has 1 aromatic heterocycles. The number of aryl methyl sites for hydroxylation is 2. The first-order valence-corrected chi connectivity index (χ1v) is 8.65. The molecule has 0 aliphatic heterocycles. The Labute approximate surface area is 154 Å². The van der Waals surface area contributed by atoms with Gasteiger partial charge in [-0.3, -0.25) is 9.78 Å². The monoisotopic (exact) mass is 342 g/mol. The Hall–Kier alpha value is -3.20. The Kier molecular flexibility index (Phi) is 5.59. The van der Waals surface area contributed by atoms with E-state index in [2.05, 4.69) is 36.3 Å². The third-order valence-corrected chi connectivity index (χ3v) is 4.24. The average molecular weight is 342 g/mol. The van der Waals surface area contributed by atoms with Crippen LogP contribution in [0.2, 0.25) is 0 Å². The third kappa shape index (κ3) is 4.90. The second-order valence-corrected chi connectivity index (χ2v) is 6.36. The molecular weight excluding hydrogens is 320 g/mol. The van der Waals surface area contributed by atoms with E-state index in [9.17, 15) is 4.79 Å². The summed E-state index contributed by atoms with van der Waals surface area (Å²) in [6, 6.07) is 19.7. The molecule has 130 valence electrons. The lowest BCUT2D eigenvalue weighted by atomic mass is 10.0. The Morgan fingerprint density at radius 1 is 0.962 bits per heavy atom. The van der Waals surface area contributed by atoms with Crippen molar-refractivity contribution in [3.8, 4) is 0 Å². The number of carbonyl (C=O) groups is 1. The predicted octanol–water partition coefficient (Wildman–Crippen LogP) is 5.05. The lowest BCUT2D eigenvalue weighted by Gasteiger charge is -2.08. The number of amides is 1. The molecular formula is C23H22N2O. The summed E-state index contributed by atoms with van der Waals surface area (Å²) in [6.45, 7) is 4.14. The number of nitrogens with one attached hydrogen (secondary N) is 1. The zero-order valence-electron chi connectivity index (χ0n) is 15.1. The van der Waals surface area contributed by atoms with Crippen molar-refractivity contribution in [3.05, 3.63) is 94.8 Å². The van der Waals surface area contributed by atoms with E-state index in [4.69, 9.17) is 0 Å². The Morgan fingerprint density at radius 3 is 2.62 bits per heavy atom. The van der Waals surface area contributed by atoms with Gasteiger partial charge in [0.25, 0.3) is 0 Å². The van der Waals surface area contributed by atoms with Crippen LogP contribution in [0.5, 0.6) is 0 Å². The molecule has 0 atom stereocenters. The van der Waals surface area contributed by atoms with Crippen LogP contribution in [0.1, 0.15) is 27.9 Å². The van der Waals surface area contributed by atoms with E-state index in [1.54, 1.807) is 6.20 Å². The molecule has 0 spiro atoms. The van der Waals surface area contributed by atoms with E-state index in [1.807, 2.05) is 60.7 Å². The summed E-state index contributed by atoms with van der Waals surface area (Å²) in [5, 5.41) is 2.97. The maximum Gasteiger partial charge on any atom is 0.228 e. The number of hydrogen-bond donors (Lipinski definition) is 1. The molecule has 3 rings (SSSR count). The molecule has 3 heteroatoms. The molecule has 3 nitrogen and oxygen atoms in total. The number of rotatable bonds is 5. The summed E-state index contributed by atoms with van der Waals surface area (Å²) in [4.78, 5) is 16.6. The summed E-state index contributed by atoms with van der Waals surface area (Å²) >= 11 is 0. The molecule has 26 heavy (non-hydrogen) atoms. The lowest BCUT2D eigenvalue weighted by Crippen LogP contribution is -2.14. The Morgan fingerprint density at radius 2 is 1.85 bits per heavy atom. The van der Waals surface area contributed by atoms with Gasteiger partial charge in [0.15, 0.2) is 0 Å². The molecule has 0 aliphatic rings. The number of hydrogen-bond acceptors (Lipinski definition) is 2. The maximum atomic E-state index is 12.3. The van der Waals surface area contributed by atoms with Crippen LogP contribution in [-0.4, -0.2) is 10.9 Å². The normalized spacial score (nSPS) is 10.8. The van der Waals surface area contributed by atoms with Gasteiger partial charge in [0.1, 0.15) is 0 Å². The van der Waals surface area contributed by atoms with Crippen LogP contribution in [0.3, 0.4) is 0 Å². The SMILES string of the molecule is Cc1ccc(CC(=O)Nc2cccc(/C=C/c3ccccn3)c2)cc1C. The minimum absolute atomic E-state index is 0.0147. The van der Waals surface area contributed by atoms with Crippen molar-refractivity contribution in [1.82, 2.24) is 4.98 Å². The Balaban J connectivity index is 1.65. The fourth-order valence-corrected chi connectivity index (χ4v) is 2.68.